The summed E-state index contributed by atoms with van der Waals surface area (Å²) in [6.07, 6.45) is 3.57. The lowest BCUT2D eigenvalue weighted by molar-refractivity contribution is 0.123. The van der Waals surface area contributed by atoms with Gasteiger partial charge in [-0.25, -0.2) is 4.39 Å². The van der Waals surface area contributed by atoms with Crippen molar-refractivity contribution in [1.29, 1.82) is 0 Å². The number of aliphatic imine (C=N–C) groups is 1. The van der Waals surface area contributed by atoms with Crippen LogP contribution >= 0.6 is 15.9 Å². The first-order chi connectivity index (χ1) is 10.7. The molecule has 0 bridgehead atoms. The Bertz CT molecular complexity index is 506. The monoisotopic (exact) mass is 371 g/mol. The number of hydrogen-bond acceptors (Lipinski definition) is 2. The van der Waals surface area contributed by atoms with Crippen molar-refractivity contribution in [2.24, 2.45) is 10.9 Å². The fourth-order valence-electron chi connectivity index (χ4n) is 1.98. The fourth-order valence-corrected chi connectivity index (χ4v) is 2.31. The molecule has 1 aromatic carbocycles. The summed E-state index contributed by atoms with van der Waals surface area (Å²) < 4.78 is 20.0. The van der Waals surface area contributed by atoms with E-state index in [1.807, 2.05) is 6.07 Å². The van der Waals surface area contributed by atoms with Crippen molar-refractivity contribution in [3.63, 3.8) is 0 Å². The second-order valence-electron chi connectivity index (χ2n) is 5.46. The van der Waals surface area contributed by atoms with E-state index >= 15 is 0 Å². The van der Waals surface area contributed by atoms with Crippen LogP contribution in [0.1, 0.15) is 24.8 Å². The molecule has 2 rings (SSSR count). The average molecular weight is 372 g/mol. The highest BCUT2D eigenvalue weighted by molar-refractivity contribution is 9.10. The number of rotatable bonds is 8. The largest absolute Gasteiger partial charge is 0.381 e. The molecule has 1 saturated carbocycles. The lowest BCUT2D eigenvalue weighted by Crippen LogP contribution is -2.37. The summed E-state index contributed by atoms with van der Waals surface area (Å²) in [5, 5.41) is 6.31. The van der Waals surface area contributed by atoms with E-state index < -0.39 is 0 Å². The first-order valence-corrected chi connectivity index (χ1v) is 8.44. The van der Waals surface area contributed by atoms with Gasteiger partial charge in [0.25, 0.3) is 0 Å². The molecule has 122 valence electrons. The van der Waals surface area contributed by atoms with Crippen LogP contribution in [0.5, 0.6) is 0 Å². The SMILES string of the molecule is CN=C(NCCCOCC1CC1)NCc1ccc(Br)cc1F. The molecule has 1 aromatic rings. The van der Waals surface area contributed by atoms with Crippen LogP contribution in [0.2, 0.25) is 0 Å². The number of hydrogen-bond donors (Lipinski definition) is 2. The Balaban J connectivity index is 1.61. The van der Waals surface area contributed by atoms with E-state index in [2.05, 4.69) is 31.6 Å². The zero-order chi connectivity index (χ0) is 15.8. The molecule has 0 saturated heterocycles. The van der Waals surface area contributed by atoms with Gasteiger partial charge < -0.3 is 15.4 Å². The van der Waals surface area contributed by atoms with Gasteiger partial charge in [-0.3, -0.25) is 4.99 Å². The zero-order valence-corrected chi connectivity index (χ0v) is 14.5. The van der Waals surface area contributed by atoms with Gasteiger partial charge in [0, 0.05) is 43.4 Å². The number of nitrogens with one attached hydrogen (secondary N) is 2. The Morgan fingerprint density at radius 3 is 2.91 bits per heavy atom. The van der Waals surface area contributed by atoms with Gasteiger partial charge in [-0.15, -0.1) is 0 Å². The standard InChI is InChI=1S/C16H23BrFN3O/c1-19-16(20-7-2-8-22-11-12-3-4-12)21-10-13-5-6-14(17)9-15(13)18/h5-6,9,12H,2-4,7-8,10-11H2,1H3,(H2,19,20,21). The molecule has 0 heterocycles. The van der Waals surface area contributed by atoms with Gasteiger partial charge in [-0.2, -0.15) is 0 Å². The third-order valence-corrected chi connectivity index (χ3v) is 3.99. The van der Waals surface area contributed by atoms with Gasteiger partial charge in [0.1, 0.15) is 5.82 Å². The third-order valence-electron chi connectivity index (χ3n) is 3.49. The molecular weight excluding hydrogens is 349 g/mol. The molecule has 0 aliphatic heterocycles. The van der Waals surface area contributed by atoms with E-state index in [-0.39, 0.29) is 5.82 Å². The Labute approximate surface area is 139 Å². The van der Waals surface area contributed by atoms with Crippen molar-refractivity contribution in [2.45, 2.75) is 25.8 Å². The predicted molar refractivity (Wildman–Crippen MR) is 90.5 cm³/mol. The number of guanidine groups is 1. The third kappa shape index (κ3) is 6.32. The first kappa shape index (κ1) is 17.2. The minimum Gasteiger partial charge on any atom is -0.381 e. The number of benzene rings is 1. The maximum absolute atomic E-state index is 13.7. The molecular formula is C16H23BrFN3O. The van der Waals surface area contributed by atoms with Crippen molar-refractivity contribution >= 4 is 21.9 Å². The number of halogens is 2. The topological polar surface area (TPSA) is 45.7 Å². The van der Waals surface area contributed by atoms with Crippen LogP contribution in [0.25, 0.3) is 0 Å². The Kier molecular flexibility index (Phi) is 7.12. The maximum atomic E-state index is 13.7. The maximum Gasteiger partial charge on any atom is 0.191 e. The number of nitrogens with zero attached hydrogens (tertiary/aromatic N) is 1. The fraction of sp³-hybridized carbons (Fsp3) is 0.562. The van der Waals surface area contributed by atoms with E-state index in [0.717, 1.165) is 36.6 Å². The molecule has 1 aliphatic rings. The minimum absolute atomic E-state index is 0.231. The lowest BCUT2D eigenvalue weighted by atomic mass is 10.2. The molecule has 0 spiro atoms. The summed E-state index contributed by atoms with van der Waals surface area (Å²) in [7, 11) is 1.71. The van der Waals surface area contributed by atoms with Gasteiger partial charge in [0.2, 0.25) is 0 Å². The van der Waals surface area contributed by atoms with E-state index in [1.54, 1.807) is 13.1 Å². The molecule has 4 nitrogen and oxygen atoms in total. The average Bonchev–Trinajstić information content (AvgIpc) is 3.31. The molecule has 0 amide bonds. The molecule has 22 heavy (non-hydrogen) atoms. The normalized spacial score (nSPS) is 15.0. The van der Waals surface area contributed by atoms with Crippen LogP contribution in [0.15, 0.2) is 27.7 Å². The molecule has 0 radical (unpaired) electrons. The highest BCUT2D eigenvalue weighted by atomic mass is 79.9. The van der Waals surface area contributed by atoms with Crippen LogP contribution in [0.3, 0.4) is 0 Å². The van der Waals surface area contributed by atoms with Gasteiger partial charge in [0.15, 0.2) is 5.96 Å². The quantitative estimate of drug-likeness (QED) is 0.419. The molecule has 0 aromatic heterocycles. The Morgan fingerprint density at radius 1 is 1.41 bits per heavy atom. The molecule has 0 unspecified atom stereocenters. The van der Waals surface area contributed by atoms with Crippen LogP contribution in [-0.4, -0.2) is 32.8 Å². The Morgan fingerprint density at radius 2 is 2.23 bits per heavy atom. The summed E-state index contributed by atoms with van der Waals surface area (Å²) in [5.41, 5.74) is 0.610. The van der Waals surface area contributed by atoms with Crippen LogP contribution in [-0.2, 0) is 11.3 Å². The highest BCUT2D eigenvalue weighted by Gasteiger charge is 2.20. The summed E-state index contributed by atoms with van der Waals surface area (Å²) in [4.78, 5) is 4.13. The molecule has 6 heteroatoms. The molecule has 1 aliphatic carbocycles. The second-order valence-corrected chi connectivity index (χ2v) is 6.38. The second kappa shape index (κ2) is 9.10. The Hall–Kier alpha value is -1.14. The summed E-state index contributed by atoms with van der Waals surface area (Å²) in [6, 6.07) is 5.04. The van der Waals surface area contributed by atoms with Gasteiger partial charge in [-0.05, 0) is 37.3 Å². The molecule has 2 N–H and O–H groups in total. The van der Waals surface area contributed by atoms with Gasteiger partial charge >= 0.3 is 0 Å². The highest BCUT2D eigenvalue weighted by Crippen LogP contribution is 2.28. The zero-order valence-electron chi connectivity index (χ0n) is 12.9. The van der Waals surface area contributed by atoms with E-state index in [1.165, 1.54) is 18.9 Å². The first-order valence-electron chi connectivity index (χ1n) is 7.65. The van der Waals surface area contributed by atoms with Crippen molar-refractivity contribution in [1.82, 2.24) is 10.6 Å². The summed E-state index contributed by atoms with van der Waals surface area (Å²) in [6.45, 7) is 2.85. The summed E-state index contributed by atoms with van der Waals surface area (Å²) in [5.74, 6) is 1.25. The van der Waals surface area contributed by atoms with Crippen molar-refractivity contribution in [3.8, 4) is 0 Å². The van der Waals surface area contributed by atoms with Crippen molar-refractivity contribution < 1.29 is 9.13 Å². The number of ether oxygens (including phenoxy) is 1. The van der Waals surface area contributed by atoms with Gasteiger partial charge in [0.05, 0.1) is 0 Å². The molecule has 0 atom stereocenters. The van der Waals surface area contributed by atoms with Crippen LogP contribution in [0.4, 0.5) is 4.39 Å². The van der Waals surface area contributed by atoms with E-state index in [0.29, 0.717) is 18.1 Å². The minimum atomic E-state index is -0.231. The summed E-state index contributed by atoms with van der Waals surface area (Å²) >= 11 is 3.25. The van der Waals surface area contributed by atoms with E-state index in [9.17, 15) is 4.39 Å². The van der Waals surface area contributed by atoms with Crippen molar-refractivity contribution in [3.05, 3.63) is 34.1 Å². The molecule has 1 fully saturated rings. The predicted octanol–water partition coefficient (Wildman–Crippen LogP) is 3.07. The van der Waals surface area contributed by atoms with E-state index in [4.69, 9.17) is 4.74 Å². The smallest absolute Gasteiger partial charge is 0.191 e. The van der Waals surface area contributed by atoms with Crippen LogP contribution in [0, 0.1) is 11.7 Å². The lowest BCUT2D eigenvalue weighted by Gasteiger charge is -2.12. The van der Waals surface area contributed by atoms with Crippen molar-refractivity contribution in [2.75, 3.05) is 26.8 Å². The van der Waals surface area contributed by atoms with Crippen LogP contribution < -0.4 is 10.6 Å². The van der Waals surface area contributed by atoms with Gasteiger partial charge in [-0.1, -0.05) is 22.0 Å².